The summed E-state index contributed by atoms with van der Waals surface area (Å²) in [6, 6.07) is 22.6. The molecule has 3 aromatic rings. The van der Waals surface area contributed by atoms with Crippen LogP contribution in [0.5, 0.6) is 5.75 Å². The Kier molecular flexibility index (Phi) is 4.94. The molecule has 31 heavy (non-hydrogen) atoms. The van der Waals surface area contributed by atoms with E-state index in [1.54, 1.807) is 25.3 Å². The minimum atomic E-state index is -3.66. The predicted octanol–water partition coefficient (Wildman–Crippen LogP) is 5.32. The van der Waals surface area contributed by atoms with Crippen molar-refractivity contribution in [1.29, 1.82) is 0 Å². The van der Waals surface area contributed by atoms with Gasteiger partial charge in [0.05, 0.1) is 18.0 Å². The first-order valence-corrected chi connectivity index (χ1v) is 11.8. The lowest BCUT2D eigenvalue weighted by Gasteiger charge is -2.37. The van der Waals surface area contributed by atoms with Gasteiger partial charge >= 0.3 is 0 Å². The molecule has 0 saturated carbocycles. The van der Waals surface area contributed by atoms with Gasteiger partial charge < -0.3 is 10.1 Å². The average Bonchev–Trinajstić information content (AvgIpc) is 3.29. The lowest BCUT2D eigenvalue weighted by atomic mass is 9.77. The summed E-state index contributed by atoms with van der Waals surface area (Å²) in [5.41, 5.74) is 3.76. The van der Waals surface area contributed by atoms with Crippen molar-refractivity contribution in [1.82, 2.24) is 0 Å². The van der Waals surface area contributed by atoms with Crippen molar-refractivity contribution < 1.29 is 13.2 Å². The number of allylic oxidation sites excluding steroid dienone is 2. The first-order valence-electron chi connectivity index (χ1n) is 10.3. The molecule has 0 spiro atoms. The number of rotatable bonds is 5. The molecule has 3 atom stereocenters. The molecule has 0 radical (unpaired) electrons. The van der Waals surface area contributed by atoms with Gasteiger partial charge in [0.2, 0.25) is 0 Å². The van der Waals surface area contributed by atoms with E-state index in [9.17, 15) is 8.42 Å². The second kappa shape index (κ2) is 7.78. The van der Waals surface area contributed by atoms with Crippen LogP contribution >= 0.6 is 0 Å². The van der Waals surface area contributed by atoms with Crippen molar-refractivity contribution in [2.75, 3.05) is 17.1 Å². The molecule has 0 bridgehead atoms. The maximum absolute atomic E-state index is 13.0. The van der Waals surface area contributed by atoms with Crippen LogP contribution in [0.1, 0.15) is 29.5 Å². The van der Waals surface area contributed by atoms with E-state index in [1.807, 2.05) is 42.5 Å². The number of anilines is 2. The Morgan fingerprint density at radius 1 is 1.00 bits per heavy atom. The number of hydrogen-bond donors (Lipinski definition) is 2. The van der Waals surface area contributed by atoms with Gasteiger partial charge in [-0.3, -0.25) is 4.72 Å². The zero-order chi connectivity index (χ0) is 21.4. The first kappa shape index (κ1) is 19.7. The minimum absolute atomic E-state index is 0.156. The molecule has 0 aromatic heterocycles. The Labute approximate surface area is 182 Å². The largest absolute Gasteiger partial charge is 0.497 e. The highest BCUT2D eigenvalue weighted by molar-refractivity contribution is 7.92. The van der Waals surface area contributed by atoms with E-state index in [2.05, 4.69) is 34.3 Å². The monoisotopic (exact) mass is 432 g/mol. The number of ether oxygens (including phenoxy) is 1. The third-order valence-corrected chi connectivity index (χ3v) is 7.52. The lowest BCUT2D eigenvalue weighted by Crippen LogP contribution is -2.29. The number of benzene rings is 3. The third kappa shape index (κ3) is 3.68. The molecule has 1 aliphatic carbocycles. The number of para-hydroxylation sites is 1. The molecule has 3 aromatic carbocycles. The first-order chi connectivity index (χ1) is 15.0. The summed E-state index contributed by atoms with van der Waals surface area (Å²) in [6.07, 6.45) is 5.36. The SMILES string of the molecule is COc1ccc([C@H]2Nc3ccc(S(=O)(=O)Nc4ccccc4)cc3[C@H]3C=CC[C@H]32)cc1. The fourth-order valence-corrected chi connectivity index (χ4v) is 5.69. The van der Waals surface area contributed by atoms with Crippen LogP contribution in [0.4, 0.5) is 11.4 Å². The van der Waals surface area contributed by atoms with E-state index in [-0.39, 0.29) is 16.9 Å². The lowest BCUT2D eigenvalue weighted by molar-refractivity contribution is 0.411. The van der Waals surface area contributed by atoms with Gasteiger partial charge in [0.25, 0.3) is 10.0 Å². The molecule has 2 aliphatic rings. The molecule has 158 valence electrons. The maximum atomic E-state index is 13.0. The Morgan fingerprint density at radius 2 is 1.77 bits per heavy atom. The highest BCUT2D eigenvalue weighted by atomic mass is 32.2. The smallest absolute Gasteiger partial charge is 0.261 e. The van der Waals surface area contributed by atoms with Crippen molar-refractivity contribution in [2.45, 2.75) is 23.3 Å². The molecule has 6 heteroatoms. The van der Waals surface area contributed by atoms with Crippen molar-refractivity contribution >= 4 is 21.4 Å². The Hall–Kier alpha value is -3.25. The number of hydrogen-bond acceptors (Lipinski definition) is 4. The maximum Gasteiger partial charge on any atom is 0.261 e. The summed E-state index contributed by atoms with van der Waals surface area (Å²) in [5.74, 6) is 1.35. The van der Waals surface area contributed by atoms with Gasteiger partial charge in [-0.2, -0.15) is 0 Å². The van der Waals surface area contributed by atoms with Gasteiger partial charge in [-0.05, 0) is 65.9 Å². The second-order valence-corrected chi connectivity index (χ2v) is 9.65. The van der Waals surface area contributed by atoms with E-state index in [1.165, 1.54) is 5.56 Å². The van der Waals surface area contributed by atoms with Crippen LogP contribution in [0.2, 0.25) is 0 Å². The highest BCUT2D eigenvalue weighted by Gasteiger charge is 2.38. The topological polar surface area (TPSA) is 67.4 Å². The quantitative estimate of drug-likeness (QED) is 0.535. The highest BCUT2D eigenvalue weighted by Crippen LogP contribution is 2.50. The van der Waals surface area contributed by atoms with Gasteiger partial charge in [-0.15, -0.1) is 0 Å². The fourth-order valence-electron chi connectivity index (χ4n) is 4.60. The van der Waals surface area contributed by atoms with E-state index in [0.717, 1.165) is 23.4 Å². The molecule has 5 rings (SSSR count). The summed E-state index contributed by atoms with van der Waals surface area (Å²) < 4.78 is 33.9. The summed E-state index contributed by atoms with van der Waals surface area (Å²) >= 11 is 0. The Balaban J connectivity index is 1.48. The third-order valence-electron chi connectivity index (χ3n) is 6.15. The number of fused-ring (bicyclic) bond motifs is 3. The van der Waals surface area contributed by atoms with E-state index in [0.29, 0.717) is 11.6 Å². The minimum Gasteiger partial charge on any atom is -0.497 e. The van der Waals surface area contributed by atoms with Crippen LogP contribution in [-0.4, -0.2) is 15.5 Å². The van der Waals surface area contributed by atoms with Crippen molar-refractivity contribution in [3.05, 3.63) is 96.1 Å². The molecule has 1 aliphatic heterocycles. The summed E-state index contributed by atoms with van der Waals surface area (Å²) in [4.78, 5) is 0.277. The second-order valence-electron chi connectivity index (χ2n) is 7.97. The van der Waals surface area contributed by atoms with Gasteiger partial charge in [0.15, 0.2) is 0 Å². The fraction of sp³-hybridized carbons (Fsp3) is 0.200. The number of methoxy groups -OCH3 is 1. The van der Waals surface area contributed by atoms with Crippen LogP contribution in [0.15, 0.2) is 89.8 Å². The van der Waals surface area contributed by atoms with Gasteiger partial charge in [-0.1, -0.05) is 42.5 Å². The Morgan fingerprint density at radius 3 is 2.52 bits per heavy atom. The molecule has 1 heterocycles. The normalized spacial score (nSPS) is 21.6. The molecule has 5 nitrogen and oxygen atoms in total. The van der Waals surface area contributed by atoms with E-state index in [4.69, 9.17) is 4.74 Å². The Bertz CT molecular complexity index is 1220. The van der Waals surface area contributed by atoms with Gasteiger partial charge in [0, 0.05) is 17.3 Å². The zero-order valence-corrected chi connectivity index (χ0v) is 18.0. The molecule has 2 N–H and O–H groups in total. The molecular weight excluding hydrogens is 408 g/mol. The van der Waals surface area contributed by atoms with Crippen molar-refractivity contribution in [3.8, 4) is 5.75 Å². The average molecular weight is 433 g/mol. The number of nitrogens with one attached hydrogen (secondary N) is 2. The van der Waals surface area contributed by atoms with Crippen LogP contribution in [0.25, 0.3) is 0 Å². The summed E-state index contributed by atoms with van der Waals surface area (Å²) in [5, 5.41) is 3.65. The van der Waals surface area contributed by atoms with Crippen LogP contribution in [0, 0.1) is 5.92 Å². The van der Waals surface area contributed by atoms with Crippen LogP contribution in [-0.2, 0) is 10.0 Å². The van der Waals surface area contributed by atoms with Crippen molar-refractivity contribution in [2.24, 2.45) is 5.92 Å². The molecule has 0 saturated heterocycles. The van der Waals surface area contributed by atoms with Crippen LogP contribution in [0.3, 0.4) is 0 Å². The molecule has 0 amide bonds. The standard InChI is InChI=1S/C25H24N2O3S/c1-30-19-12-10-17(11-13-19)25-22-9-5-8-21(22)23-16-20(14-15-24(23)26-25)31(28,29)27-18-6-3-2-4-7-18/h2-8,10-16,21-22,25-27H,9H2,1H3/t21-,22+,25+/m0/s1. The van der Waals surface area contributed by atoms with E-state index >= 15 is 0 Å². The summed E-state index contributed by atoms with van der Waals surface area (Å²) in [6.45, 7) is 0. The van der Waals surface area contributed by atoms with Gasteiger partial charge in [-0.25, -0.2) is 8.42 Å². The van der Waals surface area contributed by atoms with Crippen LogP contribution < -0.4 is 14.8 Å². The molecular formula is C25H24N2O3S. The predicted molar refractivity (Wildman–Crippen MR) is 123 cm³/mol. The van der Waals surface area contributed by atoms with E-state index < -0.39 is 10.0 Å². The van der Waals surface area contributed by atoms with Gasteiger partial charge in [0.1, 0.15) is 5.75 Å². The molecule has 0 unspecified atom stereocenters. The van der Waals surface area contributed by atoms with Crippen molar-refractivity contribution in [3.63, 3.8) is 0 Å². The number of sulfonamides is 1. The molecule has 0 fully saturated rings. The summed E-state index contributed by atoms with van der Waals surface area (Å²) in [7, 11) is -2.00. The zero-order valence-electron chi connectivity index (χ0n) is 17.2.